The second-order valence-electron chi connectivity index (χ2n) is 5.86. The van der Waals surface area contributed by atoms with Crippen LogP contribution < -0.4 is 11.1 Å². The number of esters is 1. The summed E-state index contributed by atoms with van der Waals surface area (Å²) in [5.41, 5.74) is 7.09. The fourth-order valence-electron chi connectivity index (χ4n) is 2.25. The van der Waals surface area contributed by atoms with E-state index in [0.29, 0.717) is 18.1 Å². The first kappa shape index (κ1) is 21.0. The highest BCUT2D eigenvalue weighted by Gasteiger charge is 2.25. The van der Waals surface area contributed by atoms with Gasteiger partial charge in [-0.25, -0.2) is 9.78 Å². The lowest BCUT2D eigenvalue weighted by Crippen LogP contribution is -2.43. The van der Waals surface area contributed by atoms with Gasteiger partial charge in [0.05, 0.1) is 12.6 Å². The van der Waals surface area contributed by atoms with Gasteiger partial charge in [0.15, 0.2) is 5.69 Å². The number of nitrogens with two attached hydrogens (primary N) is 1. The van der Waals surface area contributed by atoms with Crippen LogP contribution in [0.2, 0.25) is 0 Å². The van der Waals surface area contributed by atoms with Crippen LogP contribution in [0.3, 0.4) is 0 Å². The Bertz CT molecular complexity index is 736. The second-order valence-corrected chi connectivity index (χ2v) is 6.89. The van der Waals surface area contributed by atoms with Crippen molar-refractivity contribution < 1.29 is 18.7 Å². The summed E-state index contributed by atoms with van der Waals surface area (Å²) in [5.74, 6) is 0.450. The smallest absolute Gasteiger partial charge is 0.329 e. The molecule has 1 aromatic carbocycles. The number of thioether (sulfide) groups is 1. The maximum absolute atomic E-state index is 12.4. The van der Waals surface area contributed by atoms with Crippen LogP contribution in [-0.4, -0.2) is 35.3 Å². The van der Waals surface area contributed by atoms with Gasteiger partial charge in [-0.3, -0.25) is 4.79 Å². The molecule has 0 spiro atoms. The van der Waals surface area contributed by atoms with Crippen molar-refractivity contribution in [3.8, 4) is 0 Å². The highest BCUT2D eigenvalue weighted by Crippen LogP contribution is 2.15. The molecule has 0 saturated carbocycles. The molecular formula is C19H25N3O4S. The Morgan fingerprint density at radius 1 is 1.30 bits per heavy atom. The molecule has 2 unspecified atom stereocenters. The highest BCUT2D eigenvalue weighted by atomic mass is 32.2. The Kier molecular flexibility index (Phi) is 8.35. The maximum atomic E-state index is 12.4. The van der Waals surface area contributed by atoms with E-state index in [1.807, 2.05) is 37.3 Å². The van der Waals surface area contributed by atoms with Crippen LogP contribution in [0.5, 0.6) is 0 Å². The van der Waals surface area contributed by atoms with Crippen LogP contribution in [0.15, 0.2) is 41.0 Å². The molecule has 2 aromatic rings. The summed E-state index contributed by atoms with van der Waals surface area (Å²) in [5, 5.41) is 2.68. The van der Waals surface area contributed by atoms with Crippen molar-refractivity contribution in [3.63, 3.8) is 0 Å². The topological polar surface area (TPSA) is 107 Å². The molecule has 2 atom stereocenters. The molecule has 0 bridgehead atoms. The number of nitrogens with zero attached hydrogens (tertiary/aromatic N) is 1. The molecule has 0 saturated heterocycles. The van der Waals surface area contributed by atoms with Gasteiger partial charge in [0.1, 0.15) is 12.3 Å². The van der Waals surface area contributed by atoms with Crippen molar-refractivity contribution in [2.24, 2.45) is 5.73 Å². The lowest BCUT2D eigenvalue weighted by Gasteiger charge is -2.16. The Balaban J connectivity index is 1.97. The van der Waals surface area contributed by atoms with Crippen molar-refractivity contribution in [2.45, 2.75) is 38.1 Å². The molecule has 7 nitrogen and oxygen atoms in total. The van der Waals surface area contributed by atoms with E-state index in [4.69, 9.17) is 14.9 Å². The van der Waals surface area contributed by atoms with Crippen molar-refractivity contribution in [2.75, 3.05) is 12.4 Å². The minimum Gasteiger partial charge on any atom is -0.464 e. The number of benzene rings is 1. The molecule has 8 heteroatoms. The first-order valence-corrected chi connectivity index (χ1v) is 10.0. The molecule has 1 heterocycles. The fraction of sp³-hybridized carbons (Fsp3) is 0.421. The zero-order valence-corrected chi connectivity index (χ0v) is 16.3. The summed E-state index contributed by atoms with van der Waals surface area (Å²) in [6.07, 6.45) is 1.89. The van der Waals surface area contributed by atoms with Crippen LogP contribution >= 0.6 is 11.8 Å². The summed E-state index contributed by atoms with van der Waals surface area (Å²) in [7, 11) is 0. The monoisotopic (exact) mass is 391 g/mol. The van der Waals surface area contributed by atoms with Crippen LogP contribution in [0.4, 0.5) is 0 Å². The normalized spacial score (nSPS) is 13.0. The number of aromatic nitrogens is 1. The minimum atomic E-state index is -0.772. The number of carbonyl (C=O) groups is 2. The first-order valence-electron chi connectivity index (χ1n) is 8.85. The molecule has 0 aliphatic heterocycles. The Labute approximate surface area is 163 Å². The van der Waals surface area contributed by atoms with Crippen LogP contribution in [0.1, 0.15) is 48.3 Å². The van der Waals surface area contributed by atoms with E-state index >= 15 is 0 Å². The SMILES string of the molecule is CCOC(=O)C(CSCc1ccccc1)NC(=O)c1coc(C(N)CC)n1. The third kappa shape index (κ3) is 6.41. The van der Waals surface area contributed by atoms with E-state index in [0.717, 1.165) is 11.3 Å². The molecule has 1 aromatic heterocycles. The number of nitrogens with one attached hydrogen (secondary N) is 1. The van der Waals surface area contributed by atoms with Gasteiger partial charge < -0.3 is 20.2 Å². The van der Waals surface area contributed by atoms with Crippen LogP contribution in [0, 0.1) is 0 Å². The minimum absolute atomic E-state index is 0.0938. The molecule has 0 radical (unpaired) electrons. The predicted molar refractivity (Wildman–Crippen MR) is 104 cm³/mol. The second kappa shape index (κ2) is 10.7. The first-order chi connectivity index (χ1) is 13.0. The Hall–Kier alpha value is -2.32. The lowest BCUT2D eigenvalue weighted by atomic mass is 10.2. The van der Waals surface area contributed by atoms with Gasteiger partial charge in [-0.05, 0) is 18.9 Å². The summed E-state index contributed by atoms with van der Waals surface area (Å²) < 4.78 is 10.3. The molecule has 0 aliphatic carbocycles. The predicted octanol–water partition coefficient (Wildman–Crippen LogP) is 2.68. The Morgan fingerprint density at radius 2 is 2.04 bits per heavy atom. The molecule has 3 N–H and O–H groups in total. The van der Waals surface area contributed by atoms with Crippen LogP contribution in [0.25, 0.3) is 0 Å². The van der Waals surface area contributed by atoms with Gasteiger partial charge in [0.2, 0.25) is 5.89 Å². The summed E-state index contributed by atoms with van der Waals surface area (Å²) in [4.78, 5) is 28.7. The van der Waals surface area contributed by atoms with Gasteiger partial charge in [-0.2, -0.15) is 11.8 Å². The maximum Gasteiger partial charge on any atom is 0.329 e. The lowest BCUT2D eigenvalue weighted by molar-refractivity contribution is -0.144. The van der Waals surface area contributed by atoms with Gasteiger partial charge in [0, 0.05) is 11.5 Å². The molecule has 1 amide bonds. The summed E-state index contributed by atoms with van der Waals surface area (Å²) >= 11 is 1.54. The number of carbonyl (C=O) groups excluding carboxylic acids is 2. The average Bonchev–Trinajstić information content (AvgIpc) is 3.18. The number of rotatable bonds is 10. The van der Waals surface area contributed by atoms with Crippen molar-refractivity contribution in [1.29, 1.82) is 0 Å². The van der Waals surface area contributed by atoms with E-state index in [1.165, 1.54) is 6.26 Å². The van der Waals surface area contributed by atoms with E-state index in [1.54, 1.807) is 18.7 Å². The van der Waals surface area contributed by atoms with E-state index in [2.05, 4.69) is 10.3 Å². The van der Waals surface area contributed by atoms with Gasteiger partial charge in [0.25, 0.3) is 5.91 Å². The molecule has 146 valence electrons. The number of hydrogen-bond donors (Lipinski definition) is 2. The van der Waals surface area contributed by atoms with Crippen molar-refractivity contribution in [3.05, 3.63) is 53.7 Å². The van der Waals surface area contributed by atoms with Gasteiger partial charge in [-0.1, -0.05) is 37.3 Å². The molecule has 27 heavy (non-hydrogen) atoms. The molecule has 2 rings (SSSR count). The van der Waals surface area contributed by atoms with E-state index in [-0.39, 0.29) is 18.3 Å². The highest BCUT2D eigenvalue weighted by molar-refractivity contribution is 7.98. The van der Waals surface area contributed by atoms with Crippen molar-refractivity contribution >= 4 is 23.6 Å². The zero-order valence-electron chi connectivity index (χ0n) is 15.5. The quantitative estimate of drug-likeness (QED) is 0.600. The number of oxazole rings is 1. The number of ether oxygens (including phenoxy) is 1. The average molecular weight is 391 g/mol. The fourth-order valence-corrected chi connectivity index (χ4v) is 3.25. The van der Waals surface area contributed by atoms with Crippen LogP contribution in [-0.2, 0) is 15.3 Å². The summed E-state index contributed by atoms with van der Waals surface area (Å²) in [6, 6.07) is 8.76. The molecule has 0 fully saturated rings. The third-order valence-electron chi connectivity index (χ3n) is 3.78. The zero-order chi connectivity index (χ0) is 19.6. The summed E-state index contributed by atoms with van der Waals surface area (Å²) in [6.45, 7) is 3.87. The van der Waals surface area contributed by atoms with Gasteiger partial charge in [-0.15, -0.1) is 0 Å². The molecule has 0 aliphatic rings. The standard InChI is InChI=1S/C19H25N3O4S/c1-3-14(20)18-22-15(10-26-18)17(23)21-16(19(24)25-4-2)12-27-11-13-8-6-5-7-9-13/h5-10,14,16H,3-4,11-12,20H2,1-2H3,(H,21,23). The van der Waals surface area contributed by atoms with E-state index < -0.39 is 17.9 Å². The largest absolute Gasteiger partial charge is 0.464 e. The van der Waals surface area contributed by atoms with Crippen molar-refractivity contribution in [1.82, 2.24) is 10.3 Å². The third-order valence-corrected chi connectivity index (χ3v) is 4.89. The molecular weight excluding hydrogens is 366 g/mol. The van der Waals surface area contributed by atoms with E-state index in [9.17, 15) is 9.59 Å². The Morgan fingerprint density at radius 3 is 2.70 bits per heavy atom. The van der Waals surface area contributed by atoms with Gasteiger partial charge >= 0.3 is 5.97 Å². The number of amides is 1. The number of hydrogen-bond acceptors (Lipinski definition) is 7.